The molecule has 0 unspecified atom stereocenters. The first kappa shape index (κ1) is 13.1. The third-order valence-corrected chi connectivity index (χ3v) is 3.18. The molecular weight excluding hydrogens is 295 g/mol. The van der Waals surface area contributed by atoms with Gasteiger partial charge in [-0.2, -0.15) is 0 Å². The van der Waals surface area contributed by atoms with Gasteiger partial charge in [0.15, 0.2) is 0 Å². The quantitative estimate of drug-likeness (QED) is 0.841. The highest BCUT2D eigenvalue weighted by Gasteiger charge is 2.13. The number of amides is 1. The summed E-state index contributed by atoms with van der Waals surface area (Å²) in [5.41, 5.74) is 0.283. The molecule has 2 aromatic rings. The fraction of sp³-hybridized carbons (Fsp3) is 0. The lowest BCUT2D eigenvalue weighted by Crippen LogP contribution is -2.13. The normalized spacial score (nSPS) is 10.2. The van der Waals surface area contributed by atoms with Crippen LogP contribution in [0, 0.1) is 0 Å². The highest BCUT2D eigenvalue weighted by molar-refractivity contribution is 6.44. The number of hydrogen-bond donors (Lipinski definition) is 1. The van der Waals surface area contributed by atoms with E-state index in [-0.39, 0.29) is 10.6 Å². The maximum atomic E-state index is 12.0. The van der Waals surface area contributed by atoms with Gasteiger partial charge in [-0.05, 0) is 24.3 Å². The Kier molecular flexibility index (Phi) is 4.07. The lowest BCUT2D eigenvalue weighted by molar-refractivity contribution is 0.102. The zero-order chi connectivity index (χ0) is 13.1. The van der Waals surface area contributed by atoms with Crippen molar-refractivity contribution < 1.29 is 4.79 Å². The number of carbonyl (C=O) groups excluding carboxylic acids is 1. The van der Waals surface area contributed by atoms with Crippen LogP contribution in [0.1, 0.15) is 10.4 Å². The molecule has 0 bridgehead atoms. The van der Waals surface area contributed by atoms with Crippen LogP contribution in [-0.2, 0) is 0 Å². The van der Waals surface area contributed by atoms with Crippen molar-refractivity contribution >= 4 is 46.5 Å². The minimum Gasteiger partial charge on any atom is -0.306 e. The van der Waals surface area contributed by atoms with Crippen molar-refractivity contribution in [1.29, 1.82) is 0 Å². The Morgan fingerprint density at radius 2 is 1.78 bits per heavy atom. The van der Waals surface area contributed by atoms with Crippen molar-refractivity contribution in [2.24, 2.45) is 0 Å². The molecule has 6 heteroatoms. The second-order valence-electron chi connectivity index (χ2n) is 3.40. The molecule has 0 aliphatic rings. The van der Waals surface area contributed by atoms with Gasteiger partial charge in [0.2, 0.25) is 0 Å². The summed E-state index contributed by atoms with van der Waals surface area (Å²) in [7, 11) is 0. The van der Waals surface area contributed by atoms with Gasteiger partial charge in [-0.3, -0.25) is 4.79 Å². The van der Waals surface area contributed by atoms with Gasteiger partial charge in [-0.1, -0.05) is 46.9 Å². The molecular formula is C12H7Cl3N2O. The summed E-state index contributed by atoms with van der Waals surface area (Å²) in [4.78, 5) is 15.9. The lowest BCUT2D eigenvalue weighted by Gasteiger charge is -2.07. The van der Waals surface area contributed by atoms with E-state index in [4.69, 9.17) is 34.8 Å². The molecule has 0 fully saturated rings. The summed E-state index contributed by atoms with van der Waals surface area (Å²) in [6.07, 6.45) is 0. The monoisotopic (exact) mass is 300 g/mol. The molecule has 0 atom stereocenters. The van der Waals surface area contributed by atoms with Crippen molar-refractivity contribution in [3.05, 3.63) is 57.2 Å². The Hall–Kier alpha value is -1.29. The molecule has 18 heavy (non-hydrogen) atoms. The third kappa shape index (κ3) is 2.93. The van der Waals surface area contributed by atoms with Crippen LogP contribution in [0.15, 0.2) is 36.4 Å². The van der Waals surface area contributed by atoms with Crippen LogP contribution in [0.25, 0.3) is 0 Å². The van der Waals surface area contributed by atoms with Crippen molar-refractivity contribution in [3.63, 3.8) is 0 Å². The lowest BCUT2D eigenvalue weighted by atomic mass is 10.2. The molecule has 1 aromatic carbocycles. The van der Waals surface area contributed by atoms with Gasteiger partial charge in [0.05, 0.1) is 15.6 Å². The fourth-order valence-corrected chi connectivity index (χ4v) is 1.89. The summed E-state index contributed by atoms with van der Waals surface area (Å²) in [5.74, 6) is -0.0409. The summed E-state index contributed by atoms with van der Waals surface area (Å²) in [5, 5.41) is 3.42. The molecule has 1 amide bonds. The van der Waals surface area contributed by atoms with Crippen LogP contribution in [0.4, 0.5) is 5.82 Å². The predicted molar refractivity (Wildman–Crippen MR) is 73.7 cm³/mol. The Balaban J connectivity index is 2.25. The number of nitrogens with one attached hydrogen (secondary N) is 1. The van der Waals surface area contributed by atoms with Crippen LogP contribution in [-0.4, -0.2) is 10.9 Å². The number of hydrogen-bond acceptors (Lipinski definition) is 2. The van der Waals surface area contributed by atoms with Crippen LogP contribution < -0.4 is 5.32 Å². The first-order chi connectivity index (χ1) is 8.58. The van der Waals surface area contributed by atoms with Crippen molar-refractivity contribution in [2.75, 3.05) is 5.32 Å². The molecule has 1 heterocycles. The Morgan fingerprint density at radius 1 is 1.06 bits per heavy atom. The highest BCUT2D eigenvalue weighted by atomic mass is 35.5. The van der Waals surface area contributed by atoms with Gasteiger partial charge >= 0.3 is 0 Å². The Bertz CT molecular complexity index is 602. The summed E-state index contributed by atoms with van der Waals surface area (Å²) < 4.78 is 0. The fourth-order valence-electron chi connectivity index (χ4n) is 1.34. The predicted octanol–water partition coefficient (Wildman–Crippen LogP) is 4.29. The average molecular weight is 302 g/mol. The van der Waals surface area contributed by atoms with Gasteiger partial charge in [0.25, 0.3) is 5.91 Å². The molecule has 0 aliphatic heterocycles. The van der Waals surface area contributed by atoms with E-state index in [1.54, 1.807) is 36.4 Å². The van der Waals surface area contributed by atoms with E-state index in [0.29, 0.717) is 16.0 Å². The standard InChI is InChI=1S/C12H7Cl3N2O/c13-8-4-1-3-7(11(8)15)12(18)17-10-6-2-5-9(14)16-10/h1-6H,(H,16,17,18). The zero-order valence-corrected chi connectivity index (χ0v) is 11.2. The van der Waals surface area contributed by atoms with E-state index in [1.165, 1.54) is 0 Å². The van der Waals surface area contributed by atoms with Crippen LogP contribution in [0.5, 0.6) is 0 Å². The van der Waals surface area contributed by atoms with Gasteiger partial charge in [-0.25, -0.2) is 4.98 Å². The van der Waals surface area contributed by atoms with E-state index in [9.17, 15) is 4.79 Å². The number of benzene rings is 1. The highest BCUT2D eigenvalue weighted by Crippen LogP contribution is 2.26. The molecule has 0 spiro atoms. The molecule has 92 valence electrons. The van der Waals surface area contributed by atoms with Gasteiger partial charge in [0.1, 0.15) is 11.0 Å². The van der Waals surface area contributed by atoms with Gasteiger partial charge in [-0.15, -0.1) is 0 Å². The topological polar surface area (TPSA) is 42.0 Å². The largest absolute Gasteiger partial charge is 0.306 e. The van der Waals surface area contributed by atoms with E-state index in [1.807, 2.05) is 0 Å². The first-order valence-electron chi connectivity index (χ1n) is 4.96. The van der Waals surface area contributed by atoms with Crippen molar-refractivity contribution in [2.45, 2.75) is 0 Å². The molecule has 3 nitrogen and oxygen atoms in total. The van der Waals surface area contributed by atoms with Crippen LogP contribution >= 0.6 is 34.8 Å². The Labute approximate surface area is 119 Å². The molecule has 0 radical (unpaired) electrons. The molecule has 2 rings (SSSR count). The number of halogens is 3. The summed E-state index contributed by atoms with van der Waals surface area (Å²) >= 11 is 17.5. The smallest absolute Gasteiger partial charge is 0.258 e. The van der Waals surface area contributed by atoms with E-state index < -0.39 is 5.91 Å². The van der Waals surface area contributed by atoms with E-state index in [2.05, 4.69) is 10.3 Å². The summed E-state index contributed by atoms with van der Waals surface area (Å²) in [6.45, 7) is 0. The minimum atomic E-state index is -0.391. The molecule has 0 saturated carbocycles. The van der Waals surface area contributed by atoms with Crippen LogP contribution in [0.2, 0.25) is 15.2 Å². The number of aromatic nitrogens is 1. The number of pyridine rings is 1. The number of nitrogens with zero attached hydrogens (tertiary/aromatic N) is 1. The van der Waals surface area contributed by atoms with E-state index >= 15 is 0 Å². The minimum absolute atomic E-state index is 0.207. The first-order valence-corrected chi connectivity index (χ1v) is 6.09. The van der Waals surface area contributed by atoms with Gasteiger partial charge in [0, 0.05) is 0 Å². The van der Waals surface area contributed by atoms with Crippen molar-refractivity contribution in [3.8, 4) is 0 Å². The third-order valence-electron chi connectivity index (χ3n) is 2.15. The zero-order valence-electron chi connectivity index (χ0n) is 8.95. The number of rotatable bonds is 2. The van der Waals surface area contributed by atoms with Crippen LogP contribution in [0.3, 0.4) is 0 Å². The maximum Gasteiger partial charge on any atom is 0.258 e. The second kappa shape index (κ2) is 5.57. The summed E-state index contributed by atoms with van der Waals surface area (Å²) in [6, 6.07) is 9.76. The van der Waals surface area contributed by atoms with Gasteiger partial charge < -0.3 is 5.32 Å². The second-order valence-corrected chi connectivity index (χ2v) is 4.57. The maximum absolute atomic E-state index is 12.0. The molecule has 0 aliphatic carbocycles. The Morgan fingerprint density at radius 3 is 2.50 bits per heavy atom. The van der Waals surface area contributed by atoms with Crippen molar-refractivity contribution in [1.82, 2.24) is 4.98 Å². The average Bonchev–Trinajstić information content (AvgIpc) is 2.32. The molecule has 0 saturated heterocycles. The van der Waals surface area contributed by atoms with E-state index in [0.717, 1.165) is 0 Å². The number of carbonyl (C=O) groups is 1. The molecule has 1 aromatic heterocycles. The SMILES string of the molecule is O=C(Nc1cccc(Cl)n1)c1cccc(Cl)c1Cl. The number of anilines is 1. The molecule has 1 N–H and O–H groups in total.